The van der Waals surface area contributed by atoms with Gasteiger partial charge in [0.05, 0.1) is 13.3 Å². The van der Waals surface area contributed by atoms with Crippen molar-refractivity contribution < 1.29 is 36.2 Å². The largest absolute Gasteiger partial charge is 0.495 e. The number of aryl methyl sites for hydroxylation is 1. The normalized spacial score (nSPS) is 20.8. The van der Waals surface area contributed by atoms with E-state index in [2.05, 4.69) is 20.0 Å². The number of amides is 1. The number of pyridine rings is 1. The molecule has 0 radical (unpaired) electrons. The SMILES string of the molecule is COc1ccc(C(=O)Nc2cc(C)c(F)c(C3(CF)CC(C(F)(F)F)OC(N)=N3)c2)nc1. The Labute approximate surface area is 179 Å². The number of ether oxygens (including phenoxy) is 2. The summed E-state index contributed by atoms with van der Waals surface area (Å²) in [4.78, 5) is 20.1. The second-order valence-electron chi connectivity index (χ2n) is 7.16. The van der Waals surface area contributed by atoms with Crippen LogP contribution in [0.3, 0.4) is 0 Å². The first-order chi connectivity index (χ1) is 15.0. The van der Waals surface area contributed by atoms with Crippen LogP contribution in [0.5, 0.6) is 5.75 Å². The number of aromatic nitrogens is 1. The number of rotatable bonds is 5. The zero-order valence-electron chi connectivity index (χ0n) is 17.0. The summed E-state index contributed by atoms with van der Waals surface area (Å²) < 4.78 is 78.3. The van der Waals surface area contributed by atoms with E-state index in [4.69, 9.17) is 10.5 Å². The predicted octanol–water partition coefficient (Wildman–Crippen LogP) is 3.62. The molecule has 3 N–H and O–H groups in total. The van der Waals surface area contributed by atoms with Crippen molar-refractivity contribution in [1.29, 1.82) is 0 Å². The van der Waals surface area contributed by atoms with Gasteiger partial charge in [0, 0.05) is 17.7 Å². The molecule has 2 unspecified atom stereocenters. The Morgan fingerprint density at radius 3 is 2.66 bits per heavy atom. The molecule has 3 rings (SSSR count). The summed E-state index contributed by atoms with van der Waals surface area (Å²) in [6.45, 7) is -0.156. The molecule has 0 bridgehead atoms. The second kappa shape index (κ2) is 8.60. The van der Waals surface area contributed by atoms with Gasteiger partial charge < -0.3 is 20.5 Å². The van der Waals surface area contributed by atoms with Crippen LogP contribution in [0.1, 0.15) is 28.0 Å². The average Bonchev–Trinajstić information content (AvgIpc) is 2.75. The highest BCUT2D eigenvalue weighted by Gasteiger charge is 2.52. The van der Waals surface area contributed by atoms with Crippen LogP contribution in [0.4, 0.5) is 27.6 Å². The van der Waals surface area contributed by atoms with Gasteiger partial charge in [0.15, 0.2) is 6.10 Å². The quantitative estimate of drug-likeness (QED) is 0.667. The number of nitrogens with two attached hydrogens (primary N) is 1. The molecule has 0 fully saturated rings. The Hall–Kier alpha value is -3.44. The molecule has 0 aliphatic carbocycles. The molecular weight excluding hydrogens is 439 g/mol. The van der Waals surface area contributed by atoms with Gasteiger partial charge in [0.25, 0.3) is 11.9 Å². The molecule has 0 saturated carbocycles. The smallest absolute Gasteiger partial charge is 0.425 e. The Morgan fingerprint density at radius 2 is 2.09 bits per heavy atom. The van der Waals surface area contributed by atoms with Gasteiger partial charge in [-0.25, -0.2) is 18.8 Å². The minimum absolute atomic E-state index is 0.0000000390. The molecular formula is C20H19F5N4O3. The molecule has 2 atom stereocenters. The van der Waals surface area contributed by atoms with Gasteiger partial charge in [-0.15, -0.1) is 0 Å². The fourth-order valence-electron chi connectivity index (χ4n) is 3.30. The molecule has 1 aliphatic heterocycles. The summed E-state index contributed by atoms with van der Waals surface area (Å²) in [7, 11) is 1.43. The van der Waals surface area contributed by atoms with Crippen molar-refractivity contribution in [3.63, 3.8) is 0 Å². The van der Waals surface area contributed by atoms with Gasteiger partial charge in [-0.3, -0.25) is 4.79 Å². The van der Waals surface area contributed by atoms with Crippen molar-refractivity contribution in [2.75, 3.05) is 19.1 Å². The zero-order chi connectivity index (χ0) is 23.7. The highest BCUT2D eigenvalue weighted by Crippen LogP contribution is 2.42. The summed E-state index contributed by atoms with van der Waals surface area (Å²) in [6, 6.07) is 4.24. The van der Waals surface area contributed by atoms with Crippen molar-refractivity contribution in [2.24, 2.45) is 10.7 Å². The fourth-order valence-corrected chi connectivity index (χ4v) is 3.30. The number of nitrogens with zero attached hydrogens (tertiary/aromatic N) is 2. The maximum atomic E-state index is 15.0. The van der Waals surface area contributed by atoms with Crippen LogP contribution in [-0.2, 0) is 10.3 Å². The molecule has 1 aromatic heterocycles. The van der Waals surface area contributed by atoms with E-state index in [0.717, 1.165) is 6.07 Å². The van der Waals surface area contributed by atoms with E-state index in [-0.39, 0.29) is 16.9 Å². The first-order valence-corrected chi connectivity index (χ1v) is 9.26. The first-order valence-electron chi connectivity index (χ1n) is 9.26. The summed E-state index contributed by atoms with van der Waals surface area (Å²) in [5.74, 6) is -1.23. The van der Waals surface area contributed by atoms with Gasteiger partial charge in [-0.2, -0.15) is 13.2 Å². The molecule has 32 heavy (non-hydrogen) atoms. The number of methoxy groups -OCH3 is 1. The number of aliphatic imine (C=N–C) groups is 1. The number of amidine groups is 1. The Kier molecular flexibility index (Phi) is 6.24. The Bertz CT molecular complexity index is 1040. The zero-order valence-corrected chi connectivity index (χ0v) is 17.0. The van der Waals surface area contributed by atoms with Gasteiger partial charge in [-0.05, 0) is 36.8 Å². The van der Waals surface area contributed by atoms with E-state index < -0.39 is 54.2 Å². The van der Waals surface area contributed by atoms with Gasteiger partial charge in [0.2, 0.25) is 0 Å². The third kappa shape index (κ3) is 4.58. The lowest BCUT2D eigenvalue weighted by Gasteiger charge is -2.37. The van der Waals surface area contributed by atoms with Crippen LogP contribution in [0.15, 0.2) is 35.5 Å². The van der Waals surface area contributed by atoms with Gasteiger partial charge in [-0.1, -0.05) is 0 Å². The number of nitrogens with one attached hydrogen (secondary N) is 1. The van der Waals surface area contributed by atoms with E-state index in [1.54, 1.807) is 0 Å². The van der Waals surface area contributed by atoms with Crippen LogP contribution in [0.2, 0.25) is 0 Å². The average molecular weight is 458 g/mol. The van der Waals surface area contributed by atoms with Crippen LogP contribution in [0.25, 0.3) is 0 Å². The maximum absolute atomic E-state index is 15.0. The summed E-state index contributed by atoms with van der Waals surface area (Å²) >= 11 is 0. The number of carbonyl (C=O) groups excluding carboxylic acids is 1. The standard InChI is InChI=1S/C20H19F5N4O3/c1-10-5-11(28-17(30)14-4-3-12(31-2)8-27-14)6-13(16(10)22)19(9-21)7-15(20(23,24)25)32-18(26)29-19/h3-6,8,15H,7,9H2,1-2H3,(H2,26,29)(H,28,30). The molecule has 1 aromatic carbocycles. The minimum atomic E-state index is -4.88. The molecule has 0 spiro atoms. The molecule has 2 heterocycles. The Morgan fingerprint density at radius 1 is 1.38 bits per heavy atom. The van der Waals surface area contributed by atoms with E-state index in [0.29, 0.717) is 5.75 Å². The van der Waals surface area contributed by atoms with Gasteiger partial charge in [0.1, 0.15) is 29.5 Å². The van der Waals surface area contributed by atoms with Crippen molar-refractivity contribution in [1.82, 2.24) is 4.98 Å². The molecule has 1 amide bonds. The number of anilines is 1. The lowest BCUT2D eigenvalue weighted by atomic mass is 9.83. The first kappa shape index (κ1) is 23.2. The summed E-state index contributed by atoms with van der Waals surface area (Å²) in [5, 5.41) is 2.47. The lowest BCUT2D eigenvalue weighted by molar-refractivity contribution is -0.209. The van der Waals surface area contributed by atoms with Gasteiger partial charge >= 0.3 is 6.18 Å². The Balaban J connectivity index is 1.99. The van der Waals surface area contributed by atoms with Crippen molar-refractivity contribution >= 4 is 17.6 Å². The predicted molar refractivity (Wildman–Crippen MR) is 105 cm³/mol. The van der Waals surface area contributed by atoms with Crippen LogP contribution >= 0.6 is 0 Å². The van der Waals surface area contributed by atoms with Crippen LogP contribution in [0, 0.1) is 12.7 Å². The molecule has 0 saturated heterocycles. The van der Waals surface area contributed by atoms with E-state index >= 15 is 0 Å². The molecule has 2 aromatic rings. The summed E-state index contributed by atoms with van der Waals surface area (Å²) in [6.07, 6.45) is -7.07. The maximum Gasteiger partial charge on any atom is 0.425 e. The lowest BCUT2D eigenvalue weighted by Crippen LogP contribution is -2.48. The number of hydrogen-bond acceptors (Lipinski definition) is 6. The van der Waals surface area contributed by atoms with Crippen LogP contribution < -0.4 is 15.8 Å². The number of benzene rings is 1. The van der Waals surface area contributed by atoms with E-state index in [1.807, 2.05) is 0 Å². The van der Waals surface area contributed by atoms with E-state index in [1.165, 1.54) is 38.4 Å². The highest BCUT2D eigenvalue weighted by atomic mass is 19.4. The van der Waals surface area contributed by atoms with Crippen molar-refractivity contribution in [3.8, 4) is 5.75 Å². The van der Waals surface area contributed by atoms with E-state index in [9.17, 15) is 26.7 Å². The van der Waals surface area contributed by atoms with Crippen LogP contribution in [-0.4, -0.2) is 43.0 Å². The number of carbonyl (C=O) groups is 1. The van der Waals surface area contributed by atoms with Crippen molar-refractivity contribution in [2.45, 2.75) is 31.2 Å². The highest BCUT2D eigenvalue weighted by molar-refractivity contribution is 6.03. The third-order valence-electron chi connectivity index (χ3n) is 4.91. The second-order valence-corrected chi connectivity index (χ2v) is 7.16. The molecule has 7 nitrogen and oxygen atoms in total. The topological polar surface area (TPSA) is 98.8 Å². The minimum Gasteiger partial charge on any atom is -0.495 e. The van der Waals surface area contributed by atoms with Crippen molar-refractivity contribution in [3.05, 3.63) is 53.1 Å². The summed E-state index contributed by atoms with van der Waals surface area (Å²) in [5.41, 5.74) is 2.57. The fraction of sp³-hybridized carbons (Fsp3) is 0.350. The third-order valence-corrected chi connectivity index (χ3v) is 4.91. The molecule has 1 aliphatic rings. The molecule has 172 valence electrons. The number of hydrogen-bond donors (Lipinski definition) is 2. The number of alkyl halides is 4. The molecule has 12 heteroatoms. The number of halogens is 5. The monoisotopic (exact) mass is 458 g/mol.